The molecule has 0 aliphatic heterocycles. The monoisotopic (exact) mass is 344 g/mol. The summed E-state index contributed by atoms with van der Waals surface area (Å²) in [7, 11) is 0. The Kier molecular flexibility index (Phi) is 5.08. The smallest absolute Gasteiger partial charge is 0.248 e. The first-order chi connectivity index (χ1) is 12.5. The number of nitrogens with one attached hydrogen (secondary N) is 1. The van der Waals surface area contributed by atoms with Gasteiger partial charge in [-0.05, 0) is 66.8 Å². The molecule has 3 heteroatoms. The van der Waals surface area contributed by atoms with Gasteiger partial charge < -0.3 is 11.1 Å². The molecule has 0 aromatic heterocycles. The second-order valence-electron chi connectivity index (χ2n) is 6.72. The van der Waals surface area contributed by atoms with Crippen LogP contribution in [-0.4, -0.2) is 5.91 Å². The van der Waals surface area contributed by atoms with E-state index in [0.29, 0.717) is 12.1 Å². The molecule has 26 heavy (non-hydrogen) atoms. The Morgan fingerprint density at radius 2 is 1.65 bits per heavy atom. The van der Waals surface area contributed by atoms with Gasteiger partial charge in [-0.2, -0.15) is 0 Å². The van der Waals surface area contributed by atoms with Gasteiger partial charge in [-0.25, -0.2) is 0 Å². The second kappa shape index (κ2) is 7.44. The van der Waals surface area contributed by atoms with E-state index in [9.17, 15) is 4.79 Å². The summed E-state index contributed by atoms with van der Waals surface area (Å²) in [4.78, 5) is 11.3. The Bertz CT molecular complexity index is 960. The summed E-state index contributed by atoms with van der Waals surface area (Å²) in [6.45, 7) is 6.95. The number of amides is 1. The minimum atomic E-state index is -0.403. The van der Waals surface area contributed by atoms with E-state index in [4.69, 9.17) is 5.73 Å². The largest absolute Gasteiger partial charge is 0.381 e. The van der Waals surface area contributed by atoms with Crippen molar-refractivity contribution in [3.8, 4) is 11.1 Å². The van der Waals surface area contributed by atoms with Crippen molar-refractivity contribution in [2.75, 3.05) is 5.32 Å². The molecule has 0 fully saturated rings. The molecule has 0 radical (unpaired) electrons. The van der Waals surface area contributed by atoms with Crippen LogP contribution in [0, 0.1) is 20.8 Å². The molecule has 132 valence electrons. The molecule has 3 aromatic rings. The molecule has 0 bridgehead atoms. The van der Waals surface area contributed by atoms with Crippen molar-refractivity contribution >= 4 is 11.6 Å². The van der Waals surface area contributed by atoms with Crippen LogP contribution in [0.4, 0.5) is 5.69 Å². The van der Waals surface area contributed by atoms with Gasteiger partial charge in [0.25, 0.3) is 0 Å². The van der Waals surface area contributed by atoms with Crippen molar-refractivity contribution in [1.82, 2.24) is 0 Å². The number of aryl methyl sites for hydroxylation is 3. The highest BCUT2D eigenvalue weighted by atomic mass is 16.1. The SMILES string of the molecule is Cc1ccc(-c2ccccc2CNc2ccc(C(N)=O)cc2C)c(C)c1. The standard InChI is InChI=1S/C23H24N2O/c1-15-8-10-20(16(2)12-15)21-7-5-4-6-19(21)14-25-22-11-9-18(23(24)26)13-17(22)3/h4-13,25H,14H2,1-3H3,(H2,24,26). The third kappa shape index (κ3) is 3.77. The van der Waals surface area contributed by atoms with Crippen molar-refractivity contribution in [2.24, 2.45) is 5.73 Å². The van der Waals surface area contributed by atoms with Crippen LogP contribution in [0.15, 0.2) is 60.7 Å². The molecule has 0 aliphatic carbocycles. The third-order valence-corrected chi connectivity index (χ3v) is 4.67. The lowest BCUT2D eigenvalue weighted by Gasteiger charge is -2.15. The van der Waals surface area contributed by atoms with Crippen molar-refractivity contribution in [3.05, 3.63) is 88.5 Å². The lowest BCUT2D eigenvalue weighted by atomic mass is 9.94. The summed E-state index contributed by atoms with van der Waals surface area (Å²) < 4.78 is 0. The molecule has 3 nitrogen and oxygen atoms in total. The van der Waals surface area contributed by atoms with Crippen molar-refractivity contribution in [1.29, 1.82) is 0 Å². The molecule has 0 heterocycles. The Labute approximate surface area is 154 Å². The number of primary amides is 1. The van der Waals surface area contributed by atoms with Crippen LogP contribution in [0.1, 0.15) is 32.6 Å². The van der Waals surface area contributed by atoms with Crippen molar-refractivity contribution in [2.45, 2.75) is 27.3 Å². The Balaban J connectivity index is 1.87. The maximum Gasteiger partial charge on any atom is 0.248 e. The molecule has 0 saturated heterocycles. The summed E-state index contributed by atoms with van der Waals surface area (Å²) in [5, 5.41) is 3.48. The van der Waals surface area contributed by atoms with E-state index in [0.717, 1.165) is 11.3 Å². The number of nitrogens with two attached hydrogens (primary N) is 1. The van der Waals surface area contributed by atoms with Crippen LogP contribution >= 0.6 is 0 Å². The van der Waals surface area contributed by atoms with Gasteiger partial charge in [0, 0.05) is 17.8 Å². The first kappa shape index (κ1) is 17.7. The highest BCUT2D eigenvalue weighted by Gasteiger charge is 2.09. The molecule has 0 unspecified atom stereocenters. The zero-order valence-electron chi connectivity index (χ0n) is 15.5. The highest BCUT2D eigenvalue weighted by Crippen LogP contribution is 2.28. The number of carbonyl (C=O) groups is 1. The predicted octanol–water partition coefficient (Wildman–Crippen LogP) is 4.99. The summed E-state index contributed by atoms with van der Waals surface area (Å²) in [6.07, 6.45) is 0. The predicted molar refractivity (Wildman–Crippen MR) is 108 cm³/mol. The van der Waals surface area contributed by atoms with Crippen LogP contribution in [0.25, 0.3) is 11.1 Å². The molecule has 0 saturated carbocycles. The Morgan fingerprint density at radius 1 is 0.885 bits per heavy atom. The van der Waals surface area contributed by atoms with Crippen LogP contribution in [0.5, 0.6) is 0 Å². The molecule has 3 N–H and O–H groups in total. The fourth-order valence-electron chi connectivity index (χ4n) is 3.26. The minimum Gasteiger partial charge on any atom is -0.381 e. The Hall–Kier alpha value is -3.07. The summed E-state index contributed by atoms with van der Waals surface area (Å²) >= 11 is 0. The van der Waals surface area contributed by atoms with Gasteiger partial charge in [-0.3, -0.25) is 4.79 Å². The first-order valence-corrected chi connectivity index (χ1v) is 8.75. The average molecular weight is 344 g/mol. The molecule has 0 spiro atoms. The number of benzene rings is 3. The molecule has 3 aromatic carbocycles. The van der Waals surface area contributed by atoms with Gasteiger partial charge in [0.15, 0.2) is 0 Å². The molecular formula is C23H24N2O. The zero-order valence-corrected chi connectivity index (χ0v) is 15.5. The maximum atomic E-state index is 11.3. The van der Waals surface area contributed by atoms with E-state index >= 15 is 0 Å². The lowest BCUT2D eigenvalue weighted by molar-refractivity contribution is 0.1000. The van der Waals surface area contributed by atoms with Gasteiger partial charge in [-0.1, -0.05) is 48.0 Å². The third-order valence-electron chi connectivity index (χ3n) is 4.67. The summed E-state index contributed by atoms with van der Waals surface area (Å²) in [5.41, 5.74) is 14.2. The van der Waals surface area contributed by atoms with Crippen LogP contribution in [0.2, 0.25) is 0 Å². The fourth-order valence-corrected chi connectivity index (χ4v) is 3.26. The van der Waals surface area contributed by atoms with Crippen LogP contribution < -0.4 is 11.1 Å². The first-order valence-electron chi connectivity index (χ1n) is 8.75. The van der Waals surface area contributed by atoms with Crippen molar-refractivity contribution in [3.63, 3.8) is 0 Å². The molecule has 0 atom stereocenters. The number of anilines is 1. The quantitative estimate of drug-likeness (QED) is 0.685. The van der Waals surface area contributed by atoms with Gasteiger partial charge in [0.2, 0.25) is 5.91 Å². The molecule has 3 rings (SSSR count). The molecule has 1 amide bonds. The second-order valence-corrected chi connectivity index (χ2v) is 6.72. The average Bonchev–Trinajstić information content (AvgIpc) is 2.61. The maximum absolute atomic E-state index is 11.3. The number of hydrogen-bond donors (Lipinski definition) is 2. The highest BCUT2D eigenvalue weighted by molar-refractivity contribution is 5.93. The lowest BCUT2D eigenvalue weighted by Crippen LogP contribution is -2.11. The van der Waals surface area contributed by atoms with E-state index in [1.165, 1.54) is 27.8 Å². The minimum absolute atomic E-state index is 0.403. The van der Waals surface area contributed by atoms with Crippen LogP contribution in [0.3, 0.4) is 0 Å². The van der Waals surface area contributed by atoms with E-state index in [1.807, 2.05) is 19.1 Å². The summed E-state index contributed by atoms with van der Waals surface area (Å²) in [6, 6.07) is 20.5. The summed E-state index contributed by atoms with van der Waals surface area (Å²) in [5.74, 6) is -0.403. The van der Waals surface area contributed by atoms with Gasteiger partial charge in [0.1, 0.15) is 0 Å². The molecular weight excluding hydrogens is 320 g/mol. The van der Waals surface area contributed by atoms with Crippen molar-refractivity contribution < 1.29 is 4.79 Å². The zero-order chi connectivity index (χ0) is 18.7. The van der Waals surface area contributed by atoms with E-state index in [1.54, 1.807) is 6.07 Å². The number of carbonyl (C=O) groups excluding carboxylic acids is 1. The van der Waals surface area contributed by atoms with E-state index < -0.39 is 5.91 Å². The number of rotatable bonds is 5. The number of hydrogen-bond acceptors (Lipinski definition) is 2. The van der Waals surface area contributed by atoms with Gasteiger partial charge >= 0.3 is 0 Å². The van der Waals surface area contributed by atoms with E-state index in [-0.39, 0.29) is 0 Å². The topological polar surface area (TPSA) is 55.1 Å². The Morgan fingerprint density at radius 3 is 2.35 bits per heavy atom. The van der Waals surface area contributed by atoms with Gasteiger partial charge in [0.05, 0.1) is 0 Å². The normalized spacial score (nSPS) is 10.6. The fraction of sp³-hybridized carbons (Fsp3) is 0.174. The van der Waals surface area contributed by atoms with Crippen LogP contribution in [-0.2, 0) is 6.54 Å². The van der Waals surface area contributed by atoms with E-state index in [2.05, 4.69) is 61.6 Å². The van der Waals surface area contributed by atoms with Gasteiger partial charge in [-0.15, -0.1) is 0 Å². The molecule has 0 aliphatic rings.